The van der Waals surface area contributed by atoms with Gasteiger partial charge < -0.3 is 15.1 Å². The van der Waals surface area contributed by atoms with Crippen LogP contribution in [0, 0.1) is 0 Å². The zero-order chi connectivity index (χ0) is 13.5. The van der Waals surface area contributed by atoms with Crippen LogP contribution in [0.15, 0.2) is 0 Å². The highest BCUT2D eigenvalue weighted by Gasteiger charge is 2.29. The van der Waals surface area contributed by atoms with Crippen molar-refractivity contribution in [2.75, 3.05) is 59.9 Å². The maximum Gasteiger partial charge on any atom is 0.240 e. The molecule has 0 aliphatic carbocycles. The summed E-state index contributed by atoms with van der Waals surface area (Å²) in [5, 5.41) is 3.31. The second-order valence-electron chi connectivity index (χ2n) is 5.02. The molecule has 1 amide bonds. The van der Waals surface area contributed by atoms with Gasteiger partial charge >= 0.3 is 0 Å². The number of hydrogen-bond acceptors (Lipinski definition) is 4. The van der Waals surface area contributed by atoms with Crippen molar-refractivity contribution in [1.82, 2.24) is 20.0 Å². The zero-order valence-corrected chi connectivity index (χ0v) is 12.3. The van der Waals surface area contributed by atoms with Crippen LogP contribution in [-0.4, -0.2) is 86.6 Å². The third-order valence-corrected chi connectivity index (χ3v) is 3.68. The molecule has 0 spiro atoms. The normalized spacial score (nSPS) is 21.3. The maximum atomic E-state index is 12.1. The molecule has 0 aromatic heterocycles. The minimum Gasteiger partial charge on any atom is -0.347 e. The maximum absolute atomic E-state index is 12.1. The monoisotopic (exact) mass is 256 g/mol. The van der Waals surface area contributed by atoms with Crippen LogP contribution in [0.1, 0.15) is 13.8 Å². The number of carbonyl (C=O) groups is 1. The lowest BCUT2D eigenvalue weighted by molar-refractivity contribution is -0.135. The van der Waals surface area contributed by atoms with E-state index in [1.165, 1.54) is 0 Å². The largest absolute Gasteiger partial charge is 0.347 e. The molecule has 1 fully saturated rings. The highest BCUT2D eigenvalue weighted by Crippen LogP contribution is 2.06. The fraction of sp³-hybridized carbons (Fsp3) is 0.923. The van der Waals surface area contributed by atoms with Crippen molar-refractivity contribution in [2.45, 2.75) is 19.9 Å². The SMILES string of the molecule is CCN(CC)CCN1CCNCC1C(=O)N(C)C. The van der Waals surface area contributed by atoms with Crippen molar-refractivity contribution >= 4 is 5.91 Å². The van der Waals surface area contributed by atoms with Crippen LogP contribution in [0.3, 0.4) is 0 Å². The van der Waals surface area contributed by atoms with Crippen LogP contribution in [0.4, 0.5) is 0 Å². The number of nitrogens with one attached hydrogen (secondary N) is 1. The molecule has 1 rings (SSSR count). The second kappa shape index (κ2) is 7.71. The van der Waals surface area contributed by atoms with Gasteiger partial charge in [-0.1, -0.05) is 13.8 Å². The quantitative estimate of drug-likeness (QED) is 0.708. The van der Waals surface area contributed by atoms with Crippen molar-refractivity contribution in [3.8, 4) is 0 Å². The lowest BCUT2D eigenvalue weighted by Gasteiger charge is -2.37. The van der Waals surface area contributed by atoms with E-state index >= 15 is 0 Å². The summed E-state index contributed by atoms with van der Waals surface area (Å²) in [7, 11) is 3.67. The number of likely N-dealkylation sites (N-methyl/N-ethyl adjacent to an activating group) is 2. The van der Waals surface area contributed by atoms with Gasteiger partial charge in [-0.25, -0.2) is 0 Å². The van der Waals surface area contributed by atoms with Gasteiger partial charge in [0, 0.05) is 46.8 Å². The Bertz CT molecular complexity index is 253. The summed E-state index contributed by atoms with van der Waals surface area (Å²) in [5.74, 6) is 0.210. The van der Waals surface area contributed by atoms with Crippen LogP contribution in [0.5, 0.6) is 0 Å². The Labute approximate surface area is 111 Å². The predicted octanol–water partition coefficient (Wildman–Crippen LogP) is -0.310. The van der Waals surface area contributed by atoms with Gasteiger partial charge in [0.05, 0.1) is 0 Å². The zero-order valence-electron chi connectivity index (χ0n) is 12.3. The summed E-state index contributed by atoms with van der Waals surface area (Å²) in [6.07, 6.45) is 0. The molecule has 1 atom stereocenters. The molecule has 1 saturated heterocycles. The number of nitrogens with zero attached hydrogens (tertiary/aromatic N) is 3. The third kappa shape index (κ3) is 4.23. The smallest absolute Gasteiger partial charge is 0.240 e. The van der Waals surface area contributed by atoms with Gasteiger partial charge in [-0.2, -0.15) is 0 Å². The molecular weight excluding hydrogens is 228 g/mol. The molecule has 1 aliphatic heterocycles. The average molecular weight is 256 g/mol. The van der Waals surface area contributed by atoms with Gasteiger partial charge in [0.1, 0.15) is 6.04 Å². The number of amides is 1. The molecule has 1 heterocycles. The Morgan fingerprint density at radius 2 is 2.00 bits per heavy atom. The Hall–Kier alpha value is -0.650. The molecule has 0 aromatic rings. The van der Waals surface area contributed by atoms with E-state index in [9.17, 15) is 4.79 Å². The van der Waals surface area contributed by atoms with Crippen LogP contribution in [-0.2, 0) is 4.79 Å². The van der Waals surface area contributed by atoms with Crippen molar-refractivity contribution in [2.24, 2.45) is 0 Å². The molecule has 5 nitrogen and oxygen atoms in total. The lowest BCUT2D eigenvalue weighted by Crippen LogP contribution is -2.58. The summed E-state index contributed by atoms with van der Waals surface area (Å²) >= 11 is 0. The number of rotatable bonds is 6. The number of piperazine rings is 1. The van der Waals surface area contributed by atoms with Gasteiger partial charge in [0.25, 0.3) is 0 Å². The topological polar surface area (TPSA) is 38.8 Å². The molecule has 0 bridgehead atoms. The van der Waals surface area contributed by atoms with Crippen molar-refractivity contribution in [3.63, 3.8) is 0 Å². The van der Waals surface area contributed by atoms with E-state index in [0.717, 1.165) is 45.8 Å². The Morgan fingerprint density at radius 1 is 1.33 bits per heavy atom. The number of hydrogen-bond donors (Lipinski definition) is 1. The molecule has 1 N–H and O–H groups in total. The summed E-state index contributed by atoms with van der Waals surface area (Å²) in [5.41, 5.74) is 0. The van der Waals surface area contributed by atoms with Gasteiger partial charge in [0.2, 0.25) is 5.91 Å². The molecule has 0 saturated carbocycles. The first-order valence-corrected chi connectivity index (χ1v) is 6.98. The Kier molecular flexibility index (Phi) is 6.60. The molecule has 5 heteroatoms. The van der Waals surface area contributed by atoms with E-state index in [-0.39, 0.29) is 11.9 Å². The highest BCUT2D eigenvalue weighted by atomic mass is 16.2. The summed E-state index contributed by atoms with van der Waals surface area (Å²) in [6.45, 7) is 11.3. The number of carbonyl (C=O) groups excluding carboxylic acids is 1. The standard InChI is InChI=1S/C13H28N4O/c1-5-16(6-2)9-10-17-8-7-14-11-12(17)13(18)15(3)4/h12,14H,5-11H2,1-4H3. The van der Waals surface area contributed by atoms with Crippen LogP contribution in [0.25, 0.3) is 0 Å². The van der Waals surface area contributed by atoms with Crippen molar-refractivity contribution in [1.29, 1.82) is 0 Å². The van der Waals surface area contributed by atoms with Crippen LogP contribution >= 0.6 is 0 Å². The minimum atomic E-state index is 0.00399. The highest BCUT2D eigenvalue weighted by molar-refractivity contribution is 5.81. The molecule has 1 unspecified atom stereocenters. The van der Waals surface area contributed by atoms with E-state index in [4.69, 9.17) is 0 Å². The molecule has 0 radical (unpaired) electrons. The van der Waals surface area contributed by atoms with Crippen LogP contribution in [0.2, 0.25) is 0 Å². The molecule has 18 heavy (non-hydrogen) atoms. The average Bonchev–Trinajstić information content (AvgIpc) is 2.39. The van der Waals surface area contributed by atoms with Crippen LogP contribution < -0.4 is 5.32 Å². The van der Waals surface area contributed by atoms with E-state index in [1.54, 1.807) is 4.90 Å². The molecule has 0 aromatic carbocycles. The van der Waals surface area contributed by atoms with Gasteiger partial charge in [-0.15, -0.1) is 0 Å². The predicted molar refractivity (Wildman–Crippen MR) is 74.7 cm³/mol. The summed E-state index contributed by atoms with van der Waals surface area (Å²) in [6, 6.07) is 0.00399. The first-order valence-electron chi connectivity index (χ1n) is 6.98. The minimum absolute atomic E-state index is 0.00399. The van der Waals surface area contributed by atoms with Gasteiger partial charge in [-0.3, -0.25) is 9.69 Å². The van der Waals surface area contributed by atoms with E-state index in [2.05, 4.69) is 29.0 Å². The summed E-state index contributed by atoms with van der Waals surface area (Å²) in [4.78, 5) is 18.5. The first kappa shape index (κ1) is 15.4. The Morgan fingerprint density at radius 3 is 2.56 bits per heavy atom. The fourth-order valence-electron chi connectivity index (χ4n) is 2.37. The Balaban J connectivity index is 2.51. The van der Waals surface area contributed by atoms with Gasteiger partial charge in [0.15, 0.2) is 0 Å². The second-order valence-corrected chi connectivity index (χ2v) is 5.02. The first-order chi connectivity index (χ1) is 8.60. The molecule has 106 valence electrons. The van der Waals surface area contributed by atoms with Gasteiger partial charge in [-0.05, 0) is 13.1 Å². The van der Waals surface area contributed by atoms with E-state index in [0.29, 0.717) is 0 Å². The third-order valence-electron chi connectivity index (χ3n) is 3.68. The molecule has 1 aliphatic rings. The van der Waals surface area contributed by atoms with E-state index in [1.807, 2.05) is 14.1 Å². The van der Waals surface area contributed by atoms with Crippen molar-refractivity contribution in [3.05, 3.63) is 0 Å². The van der Waals surface area contributed by atoms with E-state index < -0.39 is 0 Å². The van der Waals surface area contributed by atoms with Crippen molar-refractivity contribution < 1.29 is 4.79 Å². The fourth-order valence-corrected chi connectivity index (χ4v) is 2.37. The summed E-state index contributed by atoms with van der Waals surface area (Å²) < 4.78 is 0. The molecular formula is C13H28N4O. The lowest BCUT2D eigenvalue weighted by atomic mass is 10.1.